The van der Waals surface area contributed by atoms with Crippen LogP contribution in [0.2, 0.25) is 0 Å². The minimum atomic E-state index is -1.43. The first-order chi connectivity index (χ1) is 13.0. The highest BCUT2D eigenvalue weighted by atomic mass is 16.7. The number of ether oxygens (including phenoxy) is 4. The van der Waals surface area contributed by atoms with Crippen LogP contribution in [-0.2, 0) is 14.3 Å². The molecular weight excluding hydrogens is 348 g/mol. The Bertz CT molecular complexity index is 830. The van der Waals surface area contributed by atoms with Crippen LogP contribution >= 0.6 is 0 Å². The van der Waals surface area contributed by atoms with Crippen LogP contribution in [0.5, 0.6) is 11.5 Å². The van der Waals surface area contributed by atoms with Crippen molar-refractivity contribution >= 4 is 5.78 Å². The molecule has 2 bridgehead atoms. The predicted octanol–water partition coefficient (Wildman–Crippen LogP) is 2.57. The monoisotopic (exact) mass is 372 g/mol. The van der Waals surface area contributed by atoms with E-state index < -0.39 is 17.1 Å². The van der Waals surface area contributed by atoms with E-state index in [1.54, 1.807) is 12.2 Å². The Morgan fingerprint density at radius 2 is 2.07 bits per heavy atom. The van der Waals surface area contributed by atoms with E-state index in [1.807, 2.05) is 25.1 Å². The molecule has 0 aromatic heterocycles. The van der Waals surface area contributed by atoms with Gasteiger partial charge >= 0.3 is 0 Å². The predicted molar refractivity (Wildman–Crippen MR) is 97.6 cm³/mol. The SMILES string of the molecule is C=CC[C@@]12C=C(OC)C(=O)[C@@](OC)([C@H](c3ccc4c(c3)OCO4)[C@H]1C)[C@@H]2O. The van der Waals surface area contributed by atoms with Gasteiger partial charge < -0.3 is 24.1 Å². The highest BCUT2D eigenvalue weighted by Crippen LogP contribution is 2.64. The zero-order chi connectivity index (χ0) is 19.4. The number of benzene rings is 1. The maximum Gasteiger partial charge on any atom is 0.232 e. The molecule has 1 fully saturated rings. The number of methoxy groups -OCH3 is 2. The number of rotatable bonds is 5. The van der Waals surface area contributed by atoms with Crippen LogP contribution in [0.4, 0.5) is 0 Å². The van der Waals surface area contributed by atoms with E-state index >= 15 is 0 Å². The van der Waals surface area contributed by atoms with Gasteiger partial charge in [-0.3, -0.25) is 4.79 Å². The van der Waals surface area contributed by atoms with Gasteiger partial charge in [0.15, 0.2) is 22.9 Å². The van der Waals surface area contributed by atoms with Gasteiger partial charge in [0.2, 0.25) is 12.6 Å². The molecule has 1 saturated carbocycles. The number of Topliss-reactive ketones (excluding diaryl/α,β-unsaturated/α-hetero) is 1. The van der Waals surface area contributed by atoms with Crippen molar-refractivity contribution in [3.8, 4) is 11.5 Å². The van der Waals surface area contributed by atoms with Crippen molar-refractivity contribution in [2.75, 3.05) is 21.0 Å². The number of hydrogen-bond donors (Lipinski definition) is 1. The minimum Gasteiger partial charge on any atom is -0.493 e. The van der Waals surface area contributed by atoms with Gasteiger partial charge in [-0.25, -0.2) is 0 Å². The highest BCUT2D eigenvalue weighted by Gasteiger charge is 2.72. The summed E-state index contributed by atoms with van der Waals surface area (Å²) in [5.41, 5.74) is -1.29. The summed E-state index contributed by atoms with van der Waals surface area (Å²) in [5.74, 6) is 0.686. The van der Waals surface area contributed by atoms with Gasteiger partial charge in [0.05, 0.1) is 7.11 Å². The molecule has 1 heterocycles. The normalized spacial score (nSPS) is 36.5. The van der Waals surface area contributed by atoms with Crippen LogP contribution < -0.4 is 9.47 Å². The van der Waals surface area contributed by atoms with Crippen LogP contribution in [0, 0.1) is 11.3 Å². The average Bonchev–Trinajstić information content (AvgIpc) is 3.18. The van der Waals surface area contributed by atoms with E-state index in [9.17, 15) is 9.90 Å². The molecule has 0 unspecified atom stereocenters. The van der Waals surface area contributed by atoms with Crippen LogP contribution in [0.15, 0.2) is 42.7 Å². The van der Waals surface area contributed by atoms with E-state index in [0.717, 1.165) is 5.56 Å². The van der Waals surface area contributed by atoms with Crippen molar-refractivity contribution in [2.24, 2.45) is 11.3 Å². The summed E-state index contributed by atoms with van der Waals surface area (Å²) in [6, 6.07) is 5.61. The van der Waals surface area contributed by atoms with Crippen LogP contribution in [0.25, 0.3) is 0 Å². The number of carbonyl (C=O) groups is 1. The Morgan fingerprint density at radius 1 is 1.33 bits per heavy atom. The molecule has 4 rings (SSSR count). The zero-order valence-corrected chi connectivity index (χ0v) is 15.7. The fourth-order valence-corrected chi connectivity index (χ4v) is 5.21. The fraction of sp³-hybridized carbons (Fsp3) is 0.476. The lowest BCUT2D eigenvalue weighted by molar-refractivity contribution is -0.162. The molecule has 1 aliphatic heterocycles. The Balaban J connectivity index is 1.93. The van der Waals surface area contributed by atoms with Crippen molar-refractivity contribution < 1.29 is 28.8 Å². The topological polar surface area (TPSA) is 74.2 Å². The Kier molecular flexibility index (Phi) is 4.09. The maximum atomic E-state index is 13.3. The second-order valence-electron chi connectivity index (χ2n) is 7.43. The van der Waals surface area contributed by atoms with Gasteiger partial charge in [-0.15, -0.1) is 6.58 Å². The van der Waals surface area contributed by atoms with Crippen molar-refractivity contribution in [3.63, 3.8) is 0 Å². The van der Waals surface area contributed by atoms with Gasteiger partial charge in [0.1, 0.15) is 6.10 Å². The van der Waals surface area contributed by atoms with Gasteiger partial charge in [-0.2, -0.15) is 0 Å². The van der Waals surface area contributed by atoms with Crippen molar-refractivity contribution in [1.29, 1.82) is 0 Å². The summed E-state index contributed by atoms with van der Waals surface area (Å²) in [4.78, 5) is 13.3. The molecule has 6 heteroatoms. The Hall–Kier alpha value is -2.31. The quantitative estimate of drug-likeness (QED) is 0.801. The van der Waals surface area contributed by atoms with Gasteiger partial charge in [0.25, 0.3) is 0 Å². The van der Waals surface area contributed by atoms with Gasteiger partial charge in [0, 0.05) is 18.4 Å². The van der Waals surface area contributed by atoms with Crippen molar-refractivity contribution in [3.05, 3.63) is 48.3 Å². The van der Waals surface area contributed by atoms with Crippen LogP contribution in [0.3, 0.4) is 0 Å². The number of aliphatic hydroxyl groups is 1. The summed E-state index contributed by atoms with van der Waals surface area (Å²) >= 11 is 0. The lowest BCUT2D eigenvalue weighted by Crippen LogP contribution is -2.57. The number of allylic oxidation sites excluding steroid dienone is 1. The summed E-state index contributed by atoms with van der Waals surface area (Å²) in [7, 11) is 2.93. The number of aliphatic hydroxyl groups excluding tert-OH is 1. The third-order valence-corrected chi connectivity index (χ3v) is 6.51. The highest BCUT2D eigenvalue weighted by molar-refractivity contribution is 6.04. The molecule has 0 radical (unpaired) electrons. The number of carbonyl (C=O) groups excluding carboxylic acids is 1. The van der Waals surface area contributed by atoms with Crippen molar-refractivity contribution in [2.45, 2.75) is 31.0 Å². The van der Waals surface area contributed by atoms with Crippen molar-refractivity contribution in [1.82, 2.24) is 0 Å². The second kappa shape index (κ2) is 6.11. The largest absolute Gasteiger partial charge is 0.493 e. The zero-order valence-electron chi connectivity index (χ0n) is 15.7. The van der Waals surface area contributed by atoms with Crippen LogP contribution in [-0.4, -0.2) is 43.6 Å². The first-order valence-electron chi connectivity index (χ1n) is 9.01. The molecular formula is C21H24O6. The molecule has 1 N–H and O–H groups in total. The standard InChI is InChI=1S/C21H24O6/c1-5-8-20-10-16(24-3)18(22)21(25-4,19(20)23)17(12(20)2)13-6-7-14-15(9-13)27-11-26-14/h5-7,9-10,12,17,19,23H,1,8,11H2,2-4H3/t12-,17+,19-,20-,21+/m1/s1. The molecule has 0 amide bonds. The third kappa shape index (κ3) is 2.11. The first-order valence-corrected chi connectivity index (χ1v) is 9.01. The molecule has 0 saturated heterocycles. The van der Waals surface area contributed by atoms with E-state index in [-0.39, 0.29) is 30.2 Å². The number of hydrogen-bond acceptors (Lipinski definition) is 6. The van der Waals surface area contributed by atoms with E-state index in [4.69, 9.17) is 18.9 Å². The molecule has 1 aromatic rings. The molecule has 1 aromatic carbocycles. The average molecular weight is 372 g/mol. The molecule has 27 heavy (non-hydrogen) atoms. The number of ketones is 1. The Morgan fingerprint density at radius 3 is 2.74 bits per heavy atom. The van der Waals surface area contributed by atoms with E-state index in [2.05, 4.69) is 6.58 Å². The fourth-order valence-electron chi connectivity index (χ4n) is 5.21. The maximum absolute atomic E-state index is 13.3. The second-order valence-corrected chi connectivity index (χ2v) is 7.43. The first kappa shape index (κ1) is 18.1. The summed E-state index contributed by atoms with van der Waals surface area (Å²) in [6.07, 6.45) is 3.00. The summed E-state index contributed by atoms with van der Waals surface area (Å²) in [5, 5.41) is 11.4. The van der Waals surface area contributed by atoms with E-state index in [0.29, 0.717) is 17.9 Å². The Labute approximate surface area is 158 Å². The minimum absolute atomic E-state index is 0.109. The smallest absolute Gasteiger partial charge is 0.232 e. The molecule has 6 nitrogen and oxygen atoms in total. The molecule has 2 aliphatic carbocycles. The van der Waals surface area contributed by atoms with E-state index in [1.165, 1.54) is 14.2 Å². The number of fused-ring (bicyclic) bond motifs is 3. The molecule has 5 atom stereocenters. The van der Waals surface area contributed by atoms with Gasteiger partial charge in [-0.1, -0.05) is 19.1 Å². The molecule has 144 valence electrons. The lowest BCUT2D eigenvalue weighted by atomic mass is 9.70. The third-order valence-electron chi connectivity index (χ3n) is 6.51. The van der Waals surface area contributed by atoms with Crippen LogP contribution in [0.1, 0.15) is 24.8 Å². The summed E-state index contributed by atoms with van der Waals surface area (Å²) in [6.45, 7) is 6.06. The molecule has 0 spiro atoms. The molecule has 3 aliphatic rings. The van der Waals surface area contributed by atoms with Gasteiger partial charge in [-0.05, 0) is 36.1 Å². The summed E-state index contributed by atoms with van der Waals surface area (Å²) < 4.78 is 22.1. The lowest BCUT2D eigenvalue weighted by Gasteiger charge is -2.41.